The topological polar surface area (TPSA) is 53.3 Å². The van der Waals surface area contributed by atoms with Gasteiger partial charge < -0.3 is 9.64 Å². The summed E-state index contributed by atoms with van der Waals surface area (Å²) in [6.45, 7) is 0.374. The van der Waals surface area contributed by atoms with E-state index in [9.17, 15) is 4.79 Å². The number of para-hydroxylation sites is 2. The molecule has 0 saturated carbocycles. The second-order valence-electron chi connectivity index (χ2n) is 4.77. The van der Waals surface area contributed by atoms with Crippen LogP contribution in [0.25, 0.3) is 0 Å². The van der Waals surface area contributed by atoms with Crippen LogP contribution in [-0.2, 0) is 4.79 Å². The molecule has 0 bridgehead atoms. The quantitative estimate of drug-likeness (QED) is 0.867. The average molecular weight is 278 g/mol. The van der Waals surface area contributed by atoms with E-state index in [1.54, 1.807) is 4.90 Å². The molecule has 0 fully saturated rings. The summed E-state index contributed by atoms with van der Waals surface area (Å²) >= 11 is 0. The lowest BCUT2D eigenvalue weighted by Gasteiger charge is -2.34. The van der Waals surface area contributed by atoms with Gasteiger partial charge in [0.25, 0.3) is 5.91 Å². The van der Waals surface area contributed by atoms with E-state index in [0.29, 0.717) is 18.7 Å². The number of nitriles is 1. The van der Waals surface area contributed by atoms with Gasteiger partial charge in [0.15, 0.2) is 0 Å². The maximum Gasteiger partial charge on any atom is 0.272 e. The summed E-state index contributed by atoms with van der Waals surface area (Å²) in [7, 11) is 0. The monoisotopic (exact) mass is 278 g/mol. The SMILES string of the molecule is N#CCCN1C(=O)C(c2ccccc2)Oc2ccccc21. The summed E-state index contributed by atoms with van der Waals surface area (Å²) < 4.78 is 5.87. The molecule has 1 atom stereocenters. The first-order valence-corrected chi connectivity index (χ1v) is 6.80. The lowest BCUT2D eigenvalue weighted by atomic mass is 10.1. The number of ether oxygens (including phenoxy) is 1. The van der Waals surface area contributed by atoms with Gasteiger partial charge in [0.05, 0.1) is 18.2 Å². The molecule has 0 aromatic heterocycles. The summed E-state index contributed by atoms with van der Waals surface area (Å²) in [6.07, 6.45) is -0.360. The van der Waals surface area contributed by atoms with Gasteiger partial charge in [0.2, 0.25) is 6.10 Å². The number of carbonyl (C=O) groups is 1. The normalized spacial score (nSPS) is 16.8. The zero-order valence-electron chi connectivity index (χ0n) is 11.4. The zero-order valence-corrected chi connectivity index (χ0v) is 11.4. The third kappa shape index (κ3) is 2.46. The first-order valence-electron chi connectivity index (χ1n) is 6.80. The predicted molar refractivity (Wildman–Crippen MR) is 78.8 cm³/mol. The van der Waals surface area contributed by atoms with E-state index in [0.717, 1.165) is 11.3 Å². The smallest absolute Gasteiger partial charge is 0.272 e. The molecule has 1 heterocycles. The standard InChI is InChI=1S/C17H14N2O2/c18-11-6-12-19-14-9-4-5-10-15(14)21-16(17(19)20)13-7-2-1-3-8-13/h1-5,7-10,16H,6,12H2. The van der Waals surface area contributed by atoms with E-state index >= 15 is 0 Å². The molecular formula is C17H14N2O2. The fourth-order valence-corrected chi connectivity index (χ4v) is 2.45. The molecule has 2 aromatic carbocycles. The Morgan fingerprint density at radius 3 is 2.57 bits per heavy atom. The third-order valence-electron chi connectivity index (χ3n) is 3.44. The van der Waals surface area contributed by atoms with Crippen molar-refractivity contribution in [3.8, 4) is 11.8 Å². The molecule has 1 amide bonds. The molecule has 4 nitrogen and oxygen atoms in total. The van der Waals surface area contributed by atoms with Crippen molar-refractivity contribution < 1.29 is 9.53 Å². The van der Waals surface area contributed by atoms with E-state index in [2.05, 4.69) is 6.07 Å². The minimum Gasteiger partial charge on any atom is -0.474 e. The van der Waals surface area contributed by atoms with Crippen LogP contribution in [0.2, 0.25) is 0 Å². The number of hydrogen-bond acceptors (Lipinski definition) is 3. The maximum atomic E-state index is 12.7. The van der Waals surface area contributed by atoms with Gasteiger partial charge in [-0.25, -0.2) is 0 Å². The van der Waals surface area contributed by atoms with Crippen molar-refractivity contribution in [1.82, 2.24) is 0 Å². The molecule has 1 aliphatic rings. The van der Waals surface area contributed by atoms with Gasteiger partial charge in [-0.3, -0.25) is 4.79 Å². The largest absolute Gasteiger partial charge is 0.474 e. The highest BCUT2D eigenvalue weighted by Crippen LogP contribution is 2.38. The number of amides is 1. The minimum atomic E-state index is -0.653. The summed E-state index contributed by atoms with van der Waals surface area (Å²) in [4.78, 5) is 14.3. The molecule has 3 rings (SSSR count). The molecule has 1 unspecified atom stereocenters. The summed E-state index contributed by atoms with van der Waals surface area (Å²) in [5.74, 6) is 0.541. The van der Waals surface area contributed by atoms with Crippen LogP contribution in [0.3, 0.4) is 0 Å². The number of anilines is 1. The van der Waals surface area contributed by atoms with Crippen LogP contribution in [0, 0.1) is 11.3 Å². The van der Waals surface area contributed by atoms with Crippen LogP contribution < -0.4 is 9.64 Å². The van der Waals surface area contributed by atoms with Crippen molar-refractivity contribution in [2.24, 2.45) is 0 Å². The number of hydrogen-bond donors (Lipinski definition) is 0. The molecule has 0 radical (unpaired) electrons. The Kier molecular flexibility index (Phi) is 3.57. The molecule has 0 N–H and O–H groups in total. The summed E-state index contributed by atoms with van der Waals surface area (Å²) in [6, 6.07) is 18.9. The van der Waals surface area contributed by atoms with Crippen molar-refractivity contribution in [2.75, 3.05) is 11.4 Å². The van der Waals surface area contributed by atoms with E-state index in [1.165, 1.54) is 0 Å². The van der Waals surface area contributed by atoms with Gasteiger partial charge in [-0.15, -0.1) is 0 Å². The fraction of sp³-hybridized carbons (Fsp3) is 0.176. The van der Waals surface area contributed by atoms with E-state index in [4.69, 9.17) is 10.00 Å². The maximum absolute atomic E-state index is 12.7. The number of rotatable bonds is 3. The molecule has 4 heteroatoms. The van der Waals surface area contributed by atoms with Crippen LogP contribution in [-0.4, -0.2) is 12.5 Å². The van der Waals surface area contributed by atoms with Crippen molar-refractivity contribution in [3.63, 3.8) is 0 Å². The first kappa shape index (κ1) is 13.2. The lowest BCUT2D eigenvalue weighted by Crippen LogP contribution is -2.41. The Bertz CT molecular complexity index is 691. The third-order valence-corrected chi connectivity index (χ3v) is 3.44. The number of carbonyl (C=O) groups excluding carboxylic acids is 1. The molecule has 1 aliphatic heterocycles. The fourth-order valence-electron chi connectivity index (χ4n) is 2.45. The van der Waals surface area contributed by atoms with Crippen LogP contribution in [0.15, 0.2) is 54.6 Å². The van der Waals surface area contributed by atoms with Crippen LogP contribution >= 0.6 is 0 Å². The highest BCUT2D eigenvalue weighted by molar-refractivity contribution is 6.00. The van der Waals surface area contributed by atoms with Gasteiger partial charge in [0.1, 0.15) is 5.75 Å². The number of benzene rings is 2. The zero-order chi connectivity index (χ0) is 14.7. The Morgan fingerprint density at radius 2 is 1.81 bits per heavy atom. The molecule has 104 valence electrons. The Labute approximate surface area is 123 Å². The van der Waals surface area contributed by atoms with Crippen molar-refractivity contribution >= 4 is 11.6 Å². The van der Waals surface area contributed by atoms with Crippen LogP contribution in [0.4, 0.5) is 5.69 Å². The van der Waals surface area contributed by atoms with E-state index in [-0.39, 0.29) is 5.91 Å². The Hall–Kier alpha value is -2.80. The molecule has 0 spiro atoms. The van der Waals surface area contributed by atoms with Crippen molar-refractivity contribution in [2.45, 2.75) is 12.5 Å². The van der Waals surface area contributed by atoms with Gasteiger partial charge in [0, 0.05) is 12.1 Å². The second-order valence-corrected chi connectivity index (χ2v) is 4.77. The van der Waals surface area contributed by atoms with Gasteiger partial charge in [-0.05, 0) is 12.1 Å². The molecule has 21 heavy (non-hydrogen) atoms. The average Bonchev–Trinajstić information content (AvgIpc) is 2.54. The van der Waals surface area contributed by atoms with Crippen LogP contribution in [0.1, 0.15) is 18.1 Å². The van der Waals surface area contributed by atoms with Gasteiger partial charge >= 0.3 is 0 Å². The summed E-state index contributed by atoms with van der Waals surface area (Å²) in [5.41, 5.74) is 1.55. The summed E-state index contributed by atoms with van der Waals surface area (Å²) in [5, 5.41) is 8.79. The molecule has 2 aromatic rings. The number of fused-ring (bicyclic) bond motifs is 1. The minimum absolute atomic E-state index is 0.129. The number of nitrogens with zero attached hydrogens (tertiary/aromatic N) is 2. The Morgan fingerprint density at radius 1 is 1.10 bits per heavy atom. The lowest BCUT2D eigenvalue weighted by molar-refractivity contribution is -0.126. The van der Waals surface area contributed by atoms with Gasteiger partial charge in [-0.1, -0.05) is 42.5 Å². The predicted octanol–water partition coefficient (Wildman–Crippen LogP) is 3.07. The highest BCUT2D eigenvalue weighted by atomic mass is 16.5. The van der Waals surface area contributed by atoms with Crippen LogP contribution in [0.5, 0.6) is 5.75 Å². The molecule has 0 aliphatic carbocycles. The van der Waals surface area contributed by atoms with E-state index < -0.39 is 6.10 Å². The first-order chi connectivity index (χ1) is 10.3. The molecule has 0 saturated heterocycles. The van der Waals surface area contributed by atoms with Crippen molar-refractivity contribution in [1.29, 1.82) is 5.26 Å². The van der Waals surface area contributed by atoms with Gasteiger partial charge in [-0.2, -0.15) is 5.26 Å². The Balaban J connectivity index is 2.00. The van der Waals surface area contributed by atoms with E-state index in [1.807, 2.05) is 54.6 Å². The second kappa shape index (κ2) is 5.68. The molecular weight excluding hydrogens is 264 g/mol. The van der Waals surface area contributed by atoms with Crippen molar-refractivity contribution in [3.05, 3.63) is 60.2 Å². The highest BCUT2D eigenvalue weighted by Gasteiger charge is 2.34.